The maximum atomic E-state index is 10.7. The van der Waals surface area contributed by atoms with Gasteiger partial charge in [-0.2, -0.15) is 0 Å². The van der Waals surface area contributed by atoms with Crippen LogP contribution in [-0.2, 0) is 0 Å². The molecule has 5 nitrogen and oxygen atoms in total. The minimum Gasteiger partial charge on any atom is -0.478 e. The normalized spacial score (nSPS) is 10.8. The molecule has 0 aliphatic carbocycles. The minimum absolute atomic E-state index is 0.235. The van der Waals surface area contributed by atoms with Crippen LogP contribution in [0, 0.1) is 0 Å². The van der Waals surface area contributed by atoms with Crippen LogP contribution in [0.2, 0.25) is 0 Å². The van der Waals surface area contributed by atoms with E-state index in [-0.39, 0.29) is 5.56 Å². The van der Waals surface area contributed by atoms with Crippen molar-refractivity contribution in [3.63, 3.8) is 0 Å². The maximum absolute atomic E-state index is 10.7. The smallest absolute Gasteiger partial charge is 0.335 e. The maximum Gasteiger partial charge on any atom is 0.335 e. The molecule has 1 heterocycles. The van der Waals surface area contributed by atoms with E-state index in [4.69, 9.17) is 10.3 Å². The van der Waals surface area contributed by atoms with Gasteiger partial charge in [0.25, 0.3) is 0 Å². The van der Waals surface area contributed by atoms with E-state index in [1.807, 2.05) is 6.07 Å². The number of aromatic nitrogens is 1. The van der Waals surface area contributed by atoms with Gasteiger partial charge in [-0.25, -0.2) is 4.79 Å². The largest absolute Gasteiger partial charge is 0.478 e. The highest BCUT2D eigenvalue weighted by molar-refractivity contribution is 5.87. The van der Waals surface area contributed by atoms with Gasteiger partial charge >= 0.3 is 5.97 Å². The second kappa shape index (κ2) is 4.52. The fourth-order valence-corrected chi connectivity index (χ4v) is 1.56. The average molecular weight is 230 g/mol. The van der Waals surface area contributed by atoms with Crippen LogP contribution in [0.1, 0.15) is 16.1 Å². The topological polar surface area (TPSA) is 74.8 Å². The van der Waals surface area contributed by atoms with Gasteiger partial charge in [-0.1, -0.05) is 5.16 Å². The molecule has 17 heavy (non-hydrogen) atoms. The number of carbonyl (C=O) groups is 1. The molecule has 0 aliphatic rings. The van der Waals surface area contributed by atoms with E-state index in [0.717, 1.165) is 5.69 Å². The van der Waals surface area contributed by atoms with Crippen molar-refractivity contribution in [1.29, 1.82) is 0 Å². The van der Waals surface area contributed by atoms with Crippen molar-refractivity contribution >= 4 is 12.2 Å². The summed E-state index contributed by atoms with van der Waals surface area (Å²) < 4.78 is 1.78. The Hall–Kier alpha value is -2.56. The lowest BCUT2D eigenvalue weighted by molar-refractivity contribution is 0.0697. The van der Waals surface area contributed by atoms with Crippen LogP contribution < -0.4 is 0 Å². The molecule has 1 aromatic heterocycles. The summed E-state index contributed by atoms with van der Waals surface area (Å²) in [5.74, 6) is -0.957. The van der Waals surface area contributed by atoms with Gasteiger partial charge in [0.15, 0.2) is 0 Å². The molecule has 0 saturated heterocycles. The molecular weight excluding hydrogens is 220 g/mol. The minimum atomic E-state index is -0.957. The van der Waals surface area contributed by atoms with Gasteiger partial charge in [-0.3, -0.25) is 0 Å². The molecule has 2 N–H and O–H groups in total. The van der Waals surface area contributed by atoms with E-state index in [2.05, 4.69) is 5.16 Å². The van der Waals surface area contributed by atoms with Crippen LogP contribution in [0.15, 0.2) is 47.8 Å². The Kier molecular flexibility index (Phi) is 2.91. The Morgan fingerprint density at radius 1 is 1.24 bits per heavy atom. The molecule has 0 spiro atoms. The number of hydrogen-bond acceptors (Lipinski definition) is 3. The molecule has 0 saturated carbocycles. The molecule has 0 unspecified atom stereocenters. The average Bonchev–Trinajstić information content (AvgIpc) is 2.78. The molecule has 5 heteroatoms. The van der Waals surface area contributed by atoms with Gasteiger partial charge in [0, 0.05) is 11.9 Å². The van der Waals surface area contributed by atoms with E-state index >= 15 is 0 Å². The number of rotatable bonds is 3. The molecule has 1 aromatic carbocycles. The number of carboxylic acid groups (broad SMARTS) is 1. The van der Waals surface area contributed by atoms with E-state index in [9.17, 15) is 4.79 Å². The lowest BCUT2D eigenvalue weighted by Gasteiger charge is -2.05. The van der Waals surface area contributed by atoms with Crippen molar-refractivity contribution in [2.24, 2.45) is 5.16 Å². The summed E-state index contributed by atoms with van der Waals surface area (Å²) in [5.41, 5.74) is 1.74. The first kappa shape index (κ1) is 10.9. The predicted octanol–water partition coefficient (Wildman–Crippen LogP) is 1.98. The van der Waals surface area contributed by atoms with Crippen LogP contribution in [0.4, 0.5) is 0 Å². The first-order valence-electron chi connectivity index (χ1n) is 4.91. The monoisotopic (exact) mass is 230 g/mol. The number of benzene rings is 1. The Morgan fingerprint density at radius 2 is 1.94 bits per heavy atom. The first-order chi connectivity index (χ1) is 8.22. The molecule has 86 valence electrons. The second-order valence-corrected chi connectivity index (χ2v) is 3.40. The summed E-state index contributed by atoms with van der Waals surface area (Å²) in [6.45, 7) is 0. The lowest BCUT2D eigenvalue weighted by atomic mass is 10.2. The summed E-state index contributed by atoms with van der Waals surface area (Å²) in [7, 11) is 0. The van der Waals surface area contributed by atoms with Crippen LogP contribution in [0.25, 0.3) is 5.69 Å². The Labute approximate surface area is 97.2 Å². The number of carboxylic acids is 1. The van der Waals surface area contributed by atoms with Gasteiger partial charge in [0.1, 0.15) is 0 Å². The number of hydrogen-bond donors (Lipinski definition) is 2. The predicted molar refractivity (Wildman–Crippen MR) is 62.1 cm³/mol. The SMILES string of the molecule is O=C(O)c1ccc(-n2cccc2/C=N\O)cc1. The second-order valence-electron chi connectivity index (χ2n) is 3.40. The summed E-state index contributed by atoms with van der Waals surface area (Å²) >= 11 is 0. The molecule has 2 aromatic rings. The molecule has 2 rings (SSSR count). The fraction of sp³-hybridized carbons (Fsp3) is 0. The Bertz CT molecular complexity index is 555. The van der Waals surface area contributed by atoms with E-state index in [1.54, 1.807) is 29.0 Å². The molecular formula is C12H10N2O3. The molecule has 0 fully saturated rings. The van der Waals surface area contributed by atoms with E-state index < -0.39 is 5.97 Å². The van der Waals surface area contributed by atoms with Crippen molar-refractivity contribution in [2.45, 2.75) is 0 Å². The highest BCUT2D eigenvalue weighted by Gasteiger charge is 2.04. The van der Waals surface area contributed by atoms with Crippen LogP contribution >= 0.6 is 0 Å². The molecule has 0 radical (unpaired) electrons. The van der Waals surface area contributed by atoms with Gasteiger partial charge in [-0.15, -0.1) is 0 Å². The number of oxime groups is 1. The zero-order valence-corrected chi connectivity index (χ0v) is 8.82. The molecule has 0 aliphatic heterocycles. The third-order valence-electron chi connectivity index (χ3n) is 2.36. The third kappa shape index (κ3) is 2.17. The van der Waals surface area contributed by atoms with Gasteiger partial charge in [-0.05, 0) is 36.4 Å². The van der Waals surface area contributed by atoms with Crippen molar-refractivity contribution in [3.05, 3.63) is 53.9 Å². The van der Waals surface area contributed by atoms with Crippen molar-refractivity contribution in [2.75, 3.05) is 0 Å². The van der Waals surface area contributed by atoms with Gasteiger partial charge in [0.2, 0.25) is 0 Å². The fourth-order valence-electron chi connectivity index (χ4n) is 1.56. The van der Waals surface area contributed by atoms with E-state index in [0.29, 0.717) is 5.69 Å². The molecule has 0 atom stereocenters. The quantitative estimate of drug-likeness (QED) is 0.481. The van der Waals surface area contributed by atoms with Crippen LogP contribution in [0.3, 0.4) is 0 Å². The van der Waals surface area contributed by atoms with Gasteiger partial charge in [0.05, 0.1) is 17.5 Å². The van der Waals surface area contributed by atoms with Crippen LogP contribution in [0.5, 0.6) is 0 Å². The highest BCUT2D eigenvalue weighted by Crippen LogP contribution is 2.12. The molecule has 0 amide bonds. The third-order valence-corrected chi connectivity index (χ3v) is 2.36. The van der Waals surface area contributed by atoms with Crippen molar-refractivity contribution < 1.29 is 15.1 Å². The van der Waals surface area contributed by atoms with Crippen LogP contribution in [-0.4, -0.2) is 27.1 Å². The van der Waals surface area contributed by atoms with Crippen molar-refractivity contribution in [3.8, 4) is 5.69 Å². The van der Waals surface area contributed by atoms with Crippen molar-refractivity contribution in [1.82, 2.24) is 4.57 Å². The summed E-state index contributed by atoms with van der Waals surface area (Å²) in [4.78, 5) is 10.7. The summed E-state index contributed by atoms with van der Waals surface area (Å²) in [6, 6.07) is 10.0. The number of aromatic carboxylic acids is 1. The lowest BCUT2D eigenvalue weighted by Crippen LogP contribution is -2.00. The summed E-state index contributed by atoms with van der Waals surface area (Å²) in [6.07, 6.45) is 3.11. The standard InChI is InChI=1S/C12H10N2O3/c15-12(16)9-3-5-10(6-4-9)14-7-1-2-11(14)8-13-17/h1-8,17H,(H,15,16)/b13-8-. The zero-order valence-electron chi connectivity index (χ0n) is 8.82. The van der Waals surface area contributed by atoms with E-state index in [1.165, 1.54) is 18.3 Å². The summed E-state index contributed by atoms with van der Waals surface area (Å²) in [5, 5.41) is 20.3. The zero-order chi connectivity index (χ0) is 12.3. The van der Waals surface area contributed by atoms with Gasteiger partial charge < -0.3 is 14.9 Å². The Balaban J connectivity index is 2.39. The number of nitrogens with zero attached hydrogens (tertiary/aromatic N) is 2. The molecule has 0 bridgehead atoms. The first-order valence-corrected chi connectivity index (χ1v) is 4.91. The Morgan fingerprint density at radius 3 is 2.53 bits per heavy atom. The highest BCUT2D eigenvalue weighted by atomic mass is 16.4.